The molecule has 30 heavy (non-hydrogen) atoms. The van der Waals surface area contributed by atoms with E-state index in [0.717, 1.165) is 33.2 Å². The summed E-state index contributed by atoms with van der Waals surface area (Å²) in [5.74, 6) is 0.458. The molecule has 4 rings (SSSR count). The van der Waals surface area contributed by atoms with Crippen LogP contribution in [0.4, 0.5) is 4.39 Å². The Morgan fingerprint density at radius 2 is 1.60 bits per heavy atom. The van der Waals surface area contributed by atoms with Gasteiger partial charge in [0.2, 0.25) is 0 Å². The van der Waals surface area contributed by atoms with Gasteiger partial charge in [-0.1, -0.05) is 66.2 Å². The summed E-state index contributed by atoms with van der Waals surface area (Å²) in [7, 11) is 0. The molecule has 0 aliphatic heterocycles. The number of rotatable bonds is 7. The summed E-state index contributed by atoms with van der Waals surface area (Å²) in [6, 6.07) is 26.0. The zero-order valence-corrected chi connectivity index (χ0v) is 16.9. The van der Waals surface area contributed by atoms with Crippen molar-refractivity contribution in [3.8, 4) is 5.75 Å². The number of ether oxygens (including phenoxy) is 1. The first kappa shape index (κ1) is 19.9. The third-order valence-electron chi connectivity index (χ3n) is 4.72. The Bertz CT molecular complexity index is 1160. The number of nitrogens with one attached hydrogen (secondary N) is 1. The van der Waals surface area contributed by atoms with Gasteiger partial charge < -0.3 is 10.2 Å². The topological polar surface area (TPSA) is 33.6 Å². The van der Waals surface area contributed by atoms with Gasteiger partial charge in [-0.25, -0.2) is 4.39 Å². The molecule has 0 spiro atoms. The Balaban J connectivity index is 1.53. The molecule has 0 fully saturated rings. The van der Waals surface area contributed by atoms with E-state index in [0.29, 0.717) is 18.2 Å². The van der Waals surface area contributed by atoms with Crippen LogP contribution in [-0.2, 0) is 13.2 Å². The molecule has 0 saturated heterocycles. The average molecular weight is 419 g/mol. The lowest BCUT2D eigenvalue weighted by Crippen LogP contribution is -2.06. The van der Waals surface area contributed by atoms with Crippen LogP contribution in [0.5, 0.6) is 5.75 Å². The molecule has 0 bridgehead atoms. The Morgan fingerprint density at radius 3 is 2.40 bits per heavy atom. The van der Waals surface area contributed by atoms with Crippen molar-refractivity contribution >= 4 is 28.6 Å². The highest BCUT2D eigenvalue weighted by Crippen LogP contribution is 2.27. The SMILES string of the molecule is Fc1ccc(COc2ccc3ccccc3c2/C=N\NCc2ccc(Cl)cc2)cc1. The highest BCUT2D eigenvalue weighted by atomic mass is 35.5. The highest BCUT2D eigenvalue weighted by molar-refractivity contribution is 6.30. The second-order valence-corrected chi connectivity index (χ2v) is 7.27. The molecule has 4 aromatic rings. The van der Waals surface area contributed by atoms with E-state index in [1.54, 1.807) is 18.3 Å². The van der Waals surface area contributed by atoms with Crippen LogP contribution >= 0.6 is 11.6 Å². The Morgan fingerprint density at radius 1 is 0.867 bits per heavy atom. The van der Waals surface area contributed by atoms with Gasteiger partial charge in [0.25, 0.3) is 0 Å². The van der Waals surface area contributed by atoms with Crippen LogP contribution < -0.4 is 10.2 Å². The van der Waals surface area contributed by atoms with Crippen molar-refractivity contribution < 1.29 is 9.13 Å². The summed E-state index contributed by atoms with van der Waals surface area (Å²) in [5, 5.41) is 7.26. The number of hydrogen-bond donors (Lipinski definition) is 1. The summed E-state index contributed by atoms with van der Waals surface area (Å²) < 4.78 is 19.2. The summed E-state index contributed by atoms with van der Waals surface area (Å²) in [4.78, 5) is 0. The van der Waals surface area contributed by atoms with E-state index in [2.05, 4.69) is 16.6 Å². The molecule has 0 saturated carbocycles. The standard InChI is InChI=1S/C25H20ClFN2O/c26-21-10-5-18(6-11-21)15-28-29-16-24-23-4-2-1-3-20(23)9-14-25(24)30-17-19-7-12-22(27)13-8-19/h1-14,16,28H,15,17H2/b29-16-. The summed E-state index contributed by atoms with van der Waals surface area (Å²) in [6.07, 6.45) is 1.78. The van der Waals surface area contributed by atoms with Crippen LogP contribution in [-0.4, -0.2) is 6.21 Å². The molecule has 1 N–H and O–H groups in total. The third kappa shape index (κ3) is 4.97. The van der Waals surface area contributed by atoms with Gasteiger partial charge in [-0.2, -0.15) is 5.10 Å². The molecule has 0 aliphatic rings. The van der Waals surface area contributed by atoms with Crippen LogP contribution in [0.3, 0.4) is 0 Å². The van der Waals surface area contributed by atoms with Gasteiger partial charge in [0.15, 0.2) is 0 Å². The van der Waals surface area contributed by atoms with E-state index in [4.69, 9.17) is 16.3 Å². The van der Waals surface area contributed by atoms with Crippen molar-refractivity contribution in [3.63, 3.8) is 0 Å². The molecule has 5 heteroatoms. The van der Waals surface area contributed by atoms with Crippen molar-refractivity contribution in [2.24, 2.45) is 5.10 Å². The number of hydrogen-bond acceptors (Lipinski definition) is 3. The lowest BCUT2D eigenvalue weighted by molar-refractivity contribution is 0.306. The number of benzene rings is 4. The van der Waals surface area contributed by atoms with E-state index < -0.39 is 0 Å². The summed E-state index contributed by atoms with van der Waals surface area (Å²) in [6.45, 7) is 0.932. The Kier molecular flexibility index (Phi) is 6.26. The normalized spacial score (nSPS) is 11.1. The van der Waals surface area contributed by atoms with Crippen LogP contribution in [0, 0.1) is 5.82 Å². The third-order valence-corrected chi connectivity index (χ3v) is 4.97. The summed E-state index contributed by atoms with van der Waals surface area (Å²) >= 11 is 5.93. The van der Waals surface area contributed by atoms with Crippen LogP contribution in [0.15, 0.2) is 90.0 Å². The Labute approximate surface area is 179 Å². The fourth-order valence-electron chi connectivity index (χ4n) is 3.13. The molecule has 0 unspecified atom stereocenters. The van der Waals surface area contributed by atoms with Gasteiger partial charge in [-0.05, 0) is 52.2 Å². The summed E-state index contributed by atoms with van der Waals surface area (Å²) in [5.41, 5.74) is 5.94. The first-order valence-electron chi connectivity index (χ1n) is 9.58. The van der Waals surface area contributed by atoms with Gasteiger partial charge in [0, 0.05) is 10.6 Å². The minimum absolute atomic E-state index is 0.260. The number of nitrogens with zero attached hydrogens (tertiary/aromatic N) is 1. The molecule has 0 aromatic heterocycles. The van der Waals surface area contributed by atoms with Crippen LogP contribution in [0.25, 0.3) is 10.8 Å². The molecule has 150 valence electrons. The largest absolute Gasteiger partial charge is 0.488 e. The molecule has 3 nitrogen and oxygen atoms in total. The average Bonchev–Trinajstić information content (AvgIpc) is 2.78. The maximum Gasteiger partial charge on any atom is 0.129 e. The Hall–Kier alpha value is -3.37. The van der Waals surface area contributed by atoms with Crippen molar-refractivity contribution in [2.75, 3.05) is 0 Å². The first-order valence-corrected chi connectivity index (χ1v) is 9.96. The molecule has 4 aromatic carbocycles. The van der Waals surface area contributed by atoms with Crippen molar-refractivity contribution in [1.29, 1.82) is 0 Å². The first-order chi connectivity index (χ1) is 14.7. The van der Waals surface area contributed by atoms with Crippen LogP contribution in [0.1, 0.15) is 16.7 Å². The zero-order valence-electron chi connectivity index (χ0n) is 16.2. The van der Waals surface area contributed by atoms with E-state index in [-0.39, 0.29) is 5.82 Å². The van der Waals surface area contributed by atoms with Crippen molar-refractivity contribution in [1.82, 2.24) is 5.43 Å². The van der Waals surface area contributed by atoms with Gasteiger partial charge >= 0.3 is 0 Å². The fourth-order valence-corrected chi connectivity index (χ4v) is 3.25. The molecule has 0 amide bonds. The van der Waals surface area contributed by atoms with Gasteiger partial charge in [-0.3, -0.25) is 0 Å². The van der Waals surface area contributed by atoms with E-state index in [9.17, 15) is 4.39 Å². The predicted molar refractivity (Wildman–Crippen MR) is 121 cm³/mol. The van der Waals surface area contributed by atoms with Crippen molar-refractivity contribution in [2.45, 2.75) is 13.2 Å². The fraction of sp³-hybridized carbons (Fsp3) is 0.0800. The zero-order chi connectivity index (χ0) is 20.8. The molecule has 0 radical (unpaired) electrons. The number of halogens is 2. The maximum absolute atomic E-state index is 13.1. The molecule has 0 heterocycles. The minimum Gasteiger partial charge on any atom is -0.488 e. The smallest absolute Gasteiger partial charge is 0.129 e. The second-order valence-electron chi connectivity index (χ2n) is 6.83. The molecule has 0 atom stereocenters. The second kappa shape index (κ2) is 9.42. The quantitative estimate of drug-likeness (QED) is 0.281. The molecular weight excluding hydrogens is 399 g/mol. The lowest BCUT2D eigenvalue weighted by Gasteiger charge is -2.12. The van der Waals surface area contributed by atoms with E-state index in [1.807, 2.05) is 54.6 Å². The van der Waals surface area contributed by atoms with Crippen LogP contribution in [0.2, 0.25) is 5.02 Å². The van der Waals surface area contributed by atoms with E-state index in [1.165, 1.54) is 12.1 Å². The van der Waals surface area contributed by atoms with Gasteiger partial charge in [0.05, 0.1) is 12.8 Å². The monoisotopic (exact) mass is 418 g/mol. The minimum atomic E-state index is -0.260. The van der Waals surface area contributed by atoms with E-state index >= 15 is 0 Å². The molecular formula is C25H20ClFN2O. The predicted octanol–water partition coefficient (Wildman–Crippen LogP) is 6.34. The maximum atomic E-state index is 13.1. The van der Waals surface area contributed by atoms with Gasteiger partial charge in [-0.15, -0.1) is 0 Å². The van der Waals surface area contributed by atoms with Crippen molar-refractivity contribution in [3.05, 3.63) is 112 Å². The number of fused-ring (bicyclic) bond motifs is 1. The molecule has 0 aliphatic carbocycles. The number of hydrazone groups is 1. The highest BCUT2D eigenvalue weighted by Gasteiger charge is 2.08. The van der Waals surface area contributed by atoms with Gasteiger partial charge in [0.1, 0.15) is 18.2 Å². The lowest BCUT2D eigenvalue weighted by atomic mass is 10.0.